The van der Waals surface area contributed by atoms with Gasteiger partial charge in [0.2, 0.25) is 5.91 Å². The lowest BCUT2D eigenvalue weighted by Gasteiger charge is -2.19. The van der Waals surface area contributed by atoms with E-state index in [2.05, 4.69) is 21.5 Å². The zero-order valence-electron chi connectivity index (χ0n) is 8.19. The van der Waals surface area contributed by atoms with E-state index in [9.17, 15) is 4.79 Å². The summed E-state index contributed by atoms with van der Waals surface area (Å²) in [6, 6.07) is 0. The molecule has 1 N–H and O–H groups in total. The van der Waals surface area contributed by atoms with Crippen LogP contribution in [0.5, 0.6) is 0 Å². The van der Waals surface area contributed by atoms with Gasteiger partial charge in [0, 0.05) is 6.20 Å². The van der Waals surface area contributed by atoms with E-state index < -0.39 is 5.54 Å². The molecule has 1 rings (SSSR count). The zero-order chi connectivity index (χ0) is 10.6. The minimum absolute atomic E-state index is 0.130. The number of amides is 1. The predicted octanol–water partition coefficient (Wildman–Crippen LogP) is -0.194. The number of carbonyl (C=O) groups is 1. The van der Waals surface area contributed by atoms with E-state index in [-0.39, 0.29) is 12.5 Å². The van der Waals surface area contributed by atoms with Crippen molar-refractivity contribution in [2.45, 2.75) is 25.9 Å². The summed E-state index contributed by atoms with van der Waals surface area (Å²) in [5.41, 5.74) is -0.627. The number of hydrogen-bond acceptors (Lipinski definition) is 3. The van der Waals surface area contributed by atoms with Crippen molar-refractivity contribution in [1.82, 2.24) is 20.3 Å². The number of terminal acetylenes is 1. The second kappa shape index (κ2) is 3.92. The van der Waals surface area contributed by atoms with Gasteiger partial charge in [-0.3, -0.25) is 4.79 Å². The average Bonchev–Trinajstić information content (AvgIpc) is 2.55. The molecular formula is C9H12N4O. The summed E-state index contributed by atoms with van der Waals surface area (Å²) in [7, 11) is 0. The van der Waals surface area contributed by atoms with Crippen LogP contribution in [-0.4, -0.2) is 26.4 Å². The summed E-state index contributed by atoms with van der Waals surface area (Å²) < 4.78 is 1.43. The normalized spacial score (nSPS) is 10.6. The number of rotatable bonds is 3. The fourth-order valence-electron chi connectivity index (χ4n) is 0.888. The first-order valence-corrected chi connectivity index (χ1v) is 4.16. The Labute approximate surface area is 82.5 Å². The Kier molecular flexibility index (Phi) is 2.87. The van der Waals surface area contributed by atoms with Crippen LogP contribution >= 0.6 is 0 Å². The molecule has 0 unspecified atom stereocenters. The Morgan fingerprint density at radius 3 is 2.93 bits per heavy atom. The van der Waals surface area contributed by atoms with Crippen molar-refractivity contribution in [3.63, 3.8) is 0 Å². The van der Waals surface area contributed by atoms with Crippen molar-refractivity contribution < 1.29 is 4.79 Å². The maximum absolute atomic E-state index is 11.4. The maximum Gasteiger partial charge on any atom is 0.242 e. The molecule has 0 aliphatic carbocycles. The SMILES string of the molecule is C#CC(C)(C)NC(=O)Cn1ccnn1. The van der Waals surface area contributed by atoms with Crippen LogP contribution in [0.4, 0.5) is 0 Å². The third kappa shape index (κ3) is 2.90. The molecule has 0 atom stereocenters. The number of hydrogen-bond donors (Lipinski definition) is 1. The van der Waals surface area contributed by atoms with Gasteiger partial charge in [0.1, 0.15) is 6.54 Å². The lowest BCUT2D eigenvalue weighted by atomic mass is 10.1. The van der Waals surface area contributed by atoms with Crippen molar-refractivity contribution in [1.29, 1.82) is 0 Å². The second-order valence-corrected chi connectivity index (χ2v) is 3.42. The van der Waals surface area contributed by atoms with Gasteiger partial charge >= 0.3 is 0 Å². The van der Waals surface area contributed by atoms with Gasteiger partial charge in [-0.05, 0) is 13.8 Å². The molecule has 0 saturated heterocycles. The number of aromatic nitrogens is 3. The number of carbonyl (C=O) groups excluding carboxylic acids is 1. The lowest BCUT2D eigenvalue weighted by molar-refractivity contribution is -0.122. The first-order valence-electron chi connectivity index (χ1n) is 4.16. The van der Waals surface area contributed by atoms with E-state index in [4.69, 9.17) is 6.42 Å². The molecule has 0 radical (unpaired) electrons. The fourth-order valence-corrected chi connectivity index (χ4v) is 0.888. The maximum atomic E-state index is 11.4. The molecule has 0 spiro atoms. The number of nitrogens with one attached hydrogen (secondary N) is 1. The molecule has 0 fully saturated rings. The summed E-state index contributed by atoms with van der Waals surface area (Å²) in [6.07, 6.45) is 8.36. The van der Waals surface area contributed by atoms with Crippen LogP contribution in [0.2, 0.25) is 0 Å². The Morgan fingerprint density at radius 2 is 2.43 bits per heavy atom. The summed E-state index contributed by atoms with van der Waals surface area (Å²) in [6.45, 7) is 3.64. The van der Waals surface area contributed by atoms with Gasteiger partial charge in [-0.1, -0.05) is 11.1 Å². The van der Waals surface area contributed by atoms with Gasteiger partial charge in [-0.2, -0.15) is 0 Å². The van der Waals surface area contributed by atoms with E-state index in [0.717, 1.165) is 0 Å². The summed E-state index contributed by atoms with van der Waals surface area (Å²) in [5, 5.41) is 9.93. The highest BCUT2D eigenvalue weighted by Crippen LogP contribution is 1.98. The van der Waals surface area contributed by atoms with Gasteiger partial charge in [0.15, 0.2) is 0 Å². The molecule has 0 bridgehead atoms. The van der Waals surface area contributed by atoms with E-state index in [0.29, 0.717) is 0 Å². The topological polar surface area (TPSA) is 59.8 Å². The van der Waals surface area contributed by atoms with Crippen molar-refractivity contribution in [2.24, 2.45) is 0 Å². The third-order valence-electron chi connectivity index (χ3n) is 1.59. The fraction of sp³-hybridized carbons (Fsp3) is 0.444. The highest BCUT2D eigenvalue weighted by Gasteiger charge is 2.16. The summed E-state index contributed by atoms with van der Waals surface area (Å²) in [4.78, 5) is 11.4. The van der Waals surface area contributed by atoms with Crippen molar-refractivity contribution in [3.05, 3.63) is 12.4 Å². The molecule has 5 nitrogen and oxygen atoms in total. The molecule has 0 aromatic carbocycles. The first-order chi connectivity index (χ1) is 6.53. The Morgan fingerprint density at radius 1 is 1.71 bits per heavy atom. The molecule has 0 aliphatic rings. The van der Waals surface area contributed by atoms with Crippen LogP contribution < -0.4 is 5.32 Å². The molecule has 5 heteroatoms. The molecule has 1 aromatic heterocycles. The van der Waals surface area contributed by atoms with Crippen LogP contribution in [0.15, 0.2) is 12.4 Å². The van der Waals surface area contributed by atoms with E-state index in [1.165, 1.54) is 10.9 Å². The molecule has 1 amide bonds. The molecule has 14 heavy (non-hydrogen) atoms. The summed E-state index contributed by atoms with van der Waals surface area (Å²) in [5.74, 6) is 2.29. The van der Waals surface area contributed by atoms with Crippen LogP contribution in [0.3, 0.4) is 0 Å². The van der Waals surface area contributed by atoms with E-state index in [1.54, 1.807) is 20.0 Å². The zero-order valence-corrected chi connectivity index (χ0v) is 8.19. The average molecular weight is 192 g/mol. The first kappa shape index (κ1) is 10.3. The van der Waals surface area contributed by atoms with E-state index in [1.807, 2.05) is 0 Å². The highest BCUT2D eigenvalue weighted by atomic mass is 16.2. The third-order valence-corrected chi connectivity index (χ3v) is 1.59. The van der Waals surface area contributed by atoms with Gasteiger partial charge in [0.25, 0.3) is 0 Å². The largest absolute Gasteiger partial charge is 0.339 e. The monoisotopic (exact) mass is 192 g/mol. The molecule has 1 heterocycles. The van der Waals surface area contributed by atoms with Crippen LogP contribution in [0.25, 0.3) is 0 Å². The van der Waals surface area contributed by atoms with Crippen LogP contribution in [0, 0.1) is 12.3 Å². The van der Waals surface area contributed by atoms with E-state index >= 15 is 0 Å². The van der Waals surface area contributed by atoms with Gasteiger partial charge in [-0.15, -0.1) is 11.5 Å². The van der Waals surface area contributed by atoms with Gasteiger partial charge in [0.05, 0.1) is 11.7 Å². The smallest absolute Gasteiger partial charge is 0.242 e. The quantitative estimate of drug-likeness (QED) is 0.675. The van der Waals surface area contributed by atoms with Crippen LogP contribution in [0.1, 0.15) is 13.8 Å². The predicted molar refractivity (Wildman–Crippen MR) is 51.1 cm³/mol. The molecule has 74 valence electrons. The highest BCUT2D eigenvalue weighted by molar-refractivity contribution is 5.76. The van der Waals surface area contributed by atoms with Gasteiger partial charge < -0.3 is 5.32 Å². The molecule has 0 saturated carbocycles. The standard InChI is InChI=1S/C9H12N4O/c1-4-9(2,3)11-8(14)7-13-6-5-10-12-13/h1,5-6H,7H2,2-3H3,(H,11,14). The van der Waals surface area contributed by atoms with Crippen LogP contribution in [-0.2, 0) is 11.3 Å². The second-order valence-electron chi connectivity index (χ2n) is 3.42. The van der Waals surface area contributed by atoms with Gasteiger partial charge in [-0.25, -0.2) is 4.68 Å². The minimum Gasteiger partial charge on any atom is -0.339 e. The van der Waals surface area contributed by atoms with Crippen molar-refractivity contribution in [3.8, 4) is 12.3 Å². The molecule has 0 aliphatic heterocycles. The lowest BCUT2D eigenvalue weighted by Crippen LogP contribution is -2.43. The Hall–Kier alpha value is -1.83. The summed E-state index contributed by atoms with van der Waals surface area (Å²) >= 11 is 0. The Bertz CT molecular complexity index is 347. The molecule has 1 aromatic rings. The Balaban J connectivity index is 2.49. The molecular weight excluding hydrogens is 180 g/mol. The minimum atomic E-state index is -0.627. The van der Waals surface area contributed by atoms with Crippen molar-refractivity contribution in [2.75, 3.05) is 0 Å². The number of nitrogens with zero attached hydrogens (tertiary/aromatic N) is 3. The van der Waals surface area contributed by atoms with Crippen molar-refractivity contribution >= 4 is 5.91 Å².